The van der Waals surface area contributed by atoms with E-state index in [1.807, 2.05) is 12.1 Å². The minimum atomic E-state index is -0.107. The molecule has 0 radical (unpaired) electrons. The first-order valence-corrected chi connectivity index (χ1v) is 5.53. The molecule has 0 amide bonds. The topological polar surface area (TPSA) is 26.0 Å². The molecule has 0 aliphatic heterocycles. The molecule has 0 saturated heterocycles. The lowest BCUT2D eigenvalue weighted by molar-refractivity contribution is 0.440. The van der Waals surface area contributed by atoms with E-state index in [4.69, 9.17) is 17.3 Å². The first kappa shape index (κ1) is 10.0. The van der Waals surface area contributed by atoms with E-state index >= 15 is 0 Å². The smallest absolute Gasteiger partial charge is 0.0412 e. The van der Waals surface area contributed by atoms with Crippen LogP contribution in [0.15, 0.2) is 24.3 Å². The van der Waals surface area contributed by atoms with E-state index in [0.29, 0.717) is 0 Å². The molecule has 2 N–H and O–H groups in total. The van der Waals surface area contributed by atoms with Gasteiger partial charge < -0.3 is 5.73 Å². The highest BCUT2D eigenvalue weighted by Gasteiger charge is 2.34. The summed E-state index contributed by atoms with van der Waals surface area (Å²) >= 11 is 5.85. The molecule has 1 fully saturated rings. The maximum atomic E-state index is 6.38. The van der Waals surface area contributed by atoms with Crippen molar-refractivity contribution in [2.75, 3.05) is 0 Å². The summed E-state index contributed by atoms with van der Waals surface area (Å²) < 4.78 is 0. The third kappa shape index (κ3) is 1.79. The van der Waals surface area contributed by atoms with Gasteiger partial charge in [-0.05, 0) is 42.9 Å². The molecule has 1 saturated carbocycles. The molecule has 2 heteroatoms. The first-order valence-electron chi connectivity index (χ1n) is 5.15. The number of rotatable bonds is 1. The zero-order chi connectivity index (χ0) is 10.2. The Morgan fingerprint density at radius 2 is 2.00 bits per heavy atom. The summed E-state index contributed by atoms with van der Waals surface area (Å²) in [5, 5.41) is 0.781. The van der Waals surface area contributed by atoms with Crippen LogP contribution in [0.4, 0.5) is 0 Å². The van der Waals surface area contributed by atoms with Gasteiger partial charge in [-0.3, -0.25) is 0 Å². The van der Waals surface area contributed by atoms with Crippen molar-refractivity contribution in [2.45, 2.75) is 31.7 Å². The zero-order valence-electron chi connectivity index (χ0n) is 8.46. The van der Waals surface area contributed by atoms with Crippen molar-refractivity contribution < 1.29 is 0 Å². The number of hydrogen-bond acceptors (Lipinski definition) is 1. The third-order valence-corrected chi connectivity index (χ3v) is 3.47. The molecule has 1 aliphatic carbocycles. The Morgan fingerprint density at radius 3 is 2.50 bits per heavy atom. The molecule has 1 aromatic rings. The molecule has 0 spiro atoms. The van der Waals surface area contributed by atoms with E-state index in [0.717, 1.165) is 23.8 Å². The van der Waals surface area contributed by atoms with Crippen molar-refractivity contribution in [1.29, 1.82) is 0 Å². The Kier molecular flexibility index (Phi) is 2.54. The van der Waals surface area contributed by atoms with Crippen LogP contribution in [0.1, 0.15) is 31.7 Å². The molecule has 1 aromatic carbocycles. The Morgan fingerprint density at radius 1 is 1.36 bits per heavy atom. The summed E-state index contributed by atoms with van der Waals surface area (Å²) in [4.78, 5) is 0. The van der Waals surface area contributed by atoms with Crippen LogP contribution in [0.3, 0.4) is 0 Å². The molecule has 1 aliphatic rings. The average molecular weight is 210 g/mol. The van der Waals surface area contributed by atoms with Crippen molar-refractivity contribution in [1.82, 2.24) is 0 Å². The molecule has 2 atom stereocenters. The lowest BCUT2D eigenvalue weighted by Crippen LogP contribution is -2.33. The van der Waals surface area contributed by atoms with Crippen molar-refractivity contribution in [3.8, 4) is 0 Å². The quantitative estimate of drug-likeness (QED) is 0.755. The monoisotopic (exact) mass is 209 g/mol. The fourth-order valence-electron chi connectivity index (χ4n) is 2.37. The normalized spacial score (nSPS) is 32.1. The summed E-state index contributed by atoms with van der Waals surface area (Å²) in [7, 11) is 0. The predicted octanol–water partition coefficient (Wildman–Crippen LogP) is 3.31. The van der Waals surface area contributed by atoms with Crippen LogP contribution >= 0.6 is 11.6 Å². The van der Waals surface area contributed by atoms with Gasteiger partial charge in [0.25, 0.3) is 0 Å². The number of halogens is 1. The Hall–Kier alpha value is -0.530. The van der Waals surface area contributed by atoms with Crippen molar-refractivity contribution in [2.24, 2.45) is 11.7 Å². The molecule has 0 aromatic heterocycles. The van der Waals surface area contributed by atoms with Crippen LogP contribution in [0.25, 0.3) is 0 Å². The van der Waals surface area contributed by atoms with E-state index in [2.05, 4.69) is 19.1 Å². The highest BCUT2D eigenvalue weighted by molar-refractivity contribution is 6.30. The second-order valence-electron chi connectivity index (χ2n) is 4.51. The summed E-state index contributed by atoms with van der Waals surface area (Å²) in [6.07, 6.45) is 3.42. The van der Waals surface area contributed by atoms with E-state index in [-0.39, 0.29) is 5.54 Å². The van der Waals surface area contributed by atoms with Crippen LogP contribution in [0.2, 0.25) is 5.02 Å². The van der Waals surface area contributed by atoms with Crippen molar-refractivity contribution >= 4 is 11.6 Å². The second kappa shape index (κ2) is 3.56. The van der Waals surface area contributed by atoms with Crippen LogP contribution in [0, 0.1) is 5.92 Å². The average Bonchev–Trinajstić information content (AvgIpc) is 2.48. The molecule has 2 rings (SSSR count). The Bertz CT molecular complexity index is 320. The van der Waals surface area contributed by atoms with Gasteiger partial charge in [-0.1, -0.05) is 30.7 Å². The van der Waals surface area contributed by atoms with Crippen molar-refractivity contribution in [3.63, 3.8) is 0 Å². The van der Waals surface area contributed by atoms with Gasteiger partial charge in [-0.2, -0.15) is 0 Å². The van der Waals surface area contributed by atoms with Gasteiger partial charge in [-0.25, -0.2) is 0 Å². The zero-order valence-corrected chi connectivity index (χ0v) is 9.22. The number of benzene rings is 1. The van der Waals surface area contributed by atoms with Gasteiger partial charge in [0.1, 0.15) is 0 Å². The molecule has 14 heavy (non-hydrogen) atoms. The first-order chi connectivity index (χ1) is 6.60. The lowest BCUT2D eigenvalue weighted by Gasteiger charge is -2.24. The van der Waals surface area contributed by atoms with Gasteiger partial charge in [0.2, 0.25) is 0 Å². The van der Waals surface area contributed by atoms with E-state index in [9.17, 15) is 0 Å². The van der Waals surface area contributed by atoms with Crippen LogP contribution in [0.5, 0.6) is 0 Å². The van der Waals surface area contributed by atoms with Crippen molar-refractivity contribution in [3.05, 3.63) is 34.9 Å². The highest BCUT2D eigenvalue weighted by Crippen LogP contribution is 2.39. The number of hydrogen-bond donors (Lipinski definition) is 1. The van der Waals surface area contributed by atoms with Gasteiger partial charge >= 0.3 is 0 Å². The summed E-state index contributed by atoms with van der Waals surface area (Å²) in [5.41, 5.74) is 7.50. The van der Waals surface area contributed by atoms with Gasteiger partial charge in [-0.15, -0.1) is 0 Å². The lowest BCUT2D eigenvalue weighted by atomic mass is 9.89. The van der Waals surface area contributed by atoms with Crippen LogP contribution < -0.4 is 5.73 Å². The fraction of sp³-hybridized carbons (Fsp3) is 0.500. The van der Waals surface area contributed by atoms with E-state index < -0.39 is 0 Å². The van der Waals surface area contributed by atoms with Gasteiger partial charge in [0.15, 0.2) is 0 Å². The summed E-state index contributed by atoms with van der Waals surface area (Å²) in [6.45, 7) is 2.27. The molecule has 0 bridgehead atoms. The molecular formula is C12H16ClN. The van der Waals surface area contributed by atoms with Crippen LogP contribution in [-0.2, 0) is 5.54 Å². The highest BCUT2D eigenvalue weighted by atomic mass is 35.5. The molecular weight excluding hydrogens is 194 g/mol. The van der Waals surface area contributed by atoms with Gasteiger partial charge in [0, 0.05) is 10.6 Å². The second-order valence-corrected chi connectivity index (χ2v) is 4.95. The minimum Gasteiger partial charge on any atom is -0.321 e. The Balaban J connectivity index is 2.26. The predicted molar refractivity (Wildman–Crippen MR) is 60.3 cm³/mol. The molecule has 0 heterocycles. The molecule has 1 nitrogen and oxygen atoms in total. The number of nitrogens with two attached hydrogens (primary N) is 1. The summed E-state index contributed by atoms with van der Waals surface area (Å²) in [5.74, 6) is 0.746. The fourth-order valence-corrected chi connectivity index (χ4v) is 2.50. The SMILES string of the molecule is CC1CCC(N)(c2ccc(Cl)cc2)C1. The minimum absolute atomic E-state index is 0.107. The molecule has 76 valence electrons. The standard InChI is InChI=1S/C12H16ClN/c1-9-6-7-12(14,8-9)10-2-4-11(13)5-3-10/h2-5,9H,6-8,14H2,1H3. The maximum Gasteiger partial charge on any atom is 0.0412 e. The Labute approximate surface area is 90.3 Å². The van der Waals surface area contributed by atoms with Crippen LogP contribution in [-0.4, -0.2) is 0 Å². The largest absolute Gasteiger partial charge is 0.321 e. The third-order valence-electron chi connectivity index (χ3n) is 3.22. The maximum absolute atomic E-state index is 6.38. The van der Waals surface area contributed by atoms with E-state index in [1.165, 1.54) is 12.0 Å². The molecule has 2 unspecified atom stereocenters. The van der Waals surface area contributed by atoms with E-state index in [1.54, 1.807) is 0 Å². The summed E-state index contributed by atoms with van der Waals surface area (Å²) in [6, 6.07) is 7.96. The van der Waals surface area contributed by atoms with Gasteiger partial charge in [0.05, 0.1) is 0 Å².